The highest BCUT2D eigenvalue weighted by Gasteiger charge is 2.72. The standard InChI is InChI=1S/C18H14O3/c19-16-13-9-5-4-8-12(13)10-18(16)17(21-18)15-14(20-15)11-6-2-1-3-7-11/h1-9,14-15,17H,10H2/t14-,15+,17+,18+/m0/s1. The second-order valence-corrected chi connectivity index (χ2v) is 6.02. The molecule has 0 bridgehead atoms. The maximum absolute atomic E-state index is 12.6. The summed E-state index contributed by atoms with van der Waals surface area (Å²) in [4.78, 5) is 12.6. The Morgan fingerprint density at radius 2 is 1.76 bits per heavy atom. The highest BCUT2D eigenvalue weighted by atomic mass is 16.7. The molecule has 0 aromatic heterocycles. The van der Waals surface area contributed by atoms with Gasteiger partial charge in [-0.3, -0.25) is 4.79 Å². The molecule has 3 nitrogen and oxygen atoms in total. The second kappa shape index (κ2) is 3.81. The molecular weight excluding hydrogens is 264 g/mol. The molecule has 0 unspecified atom stereocenters. The summed E-state index contributed by atoms with van der Waals surface area (Å²) < 4.78 is 11.6. The lowest BCUT2D eigenvalue weighted by Crippen LogP contribution is -2.25. The highest BCUT2D eigenvalue weighted by molar-refractivity contribution is 6.09. The van der Waals surface area contributed by atoms with E-state index < -0.39 is 5.60 Å². The summed E-state index contributed by atoms with van der Waals surface area (Å²) in [6.45, 7) is 0. The summed E-state index contributed by atoms with van der Waals surface area (Å²) in [6, 6.07) is 17.9. The Kier molecular flexibility index (Phi) is 2.12. The molecular formula is C18H14O3. The van der Waals surface area contributed by atoms with Gasteiger partial charge in [-0.05, 0) is 11.1 Å². The lowest BCUT2D eigenvalue weighted by Gasteiger charge is -1.99. The van der Waals surface area contributed by atoms with Crippen LogP contribution in [0.5, 0.6) is 0 Å². The van der Waals surface area contributed by atoms with Crippen LogP contribution in [0.1, 0.15) is 27.6 Å². The van der Waals surface area contributed by atoms with E-state index >= 15 is 0 Å². The van der Waals surface area contributed by atoms with Gasteiger partial charge in [0.15, 0.2) is 11.4 Å². The number of fused-ring (bicyclic) bond motifs is 1. The molecule has 4 atom stereocenters. The third-order valence-corrected chi connectivity index (χ3v) is 4.79. The van der Waals surface area contributed by atoms with E-state index in [4.69, 9.17) is 9.47 Å². The molecule has 0 amide bonds. The first kappa shape index (κ1) is 11.7. The fourth-order valence-electron chi connectivity index (χ4n) is 3.60. The quantitative estimate of drug-likeness (QED) is 0.793. The molecule has 104 valence electrons. The van der Waals surface area contributed by atoms with E-state index in [2.05, 4.69) is 12.1 Å². The van der Waals surface area contributed by atoms with E-state index in [0.29, 0.717) is 6.42 Å². The number of carbonyl (C=O) groups is 1. The van der Waals surface area contributed by atoms with Crippen LogP contribution in [0.4, 0.5) is 0 Å². The second-order valence-electron chi connectivity index (χ2n) is 6.02. The van der Waals surface area contributed by atoms with Crippen molar-refractivity contribution in [2.75, 3.05) is 0 Å². The van der Waals surface area contributed by atoms with Gasteiger partial charge in [0.2, 0.25) is 0 Å². The number of epoxide rings is 2. The largest absolute Gasteiger partial charge is 0.362 e. The van der Waals surface area contributed by atoms with Crippen molar-refractivity contribution in [1.29, 1.82) is 0 Å². The van der Waals surface area contributed by atoms with Gasteiger partial charge in [-0.25, -0.2) is 0 Å². The van der Waals surface area contributed by atoms with Crippen LogP contribution in [-0.4, -0.2) is 23.6 Å². The van der Waals surface area contributed by atoms with Gasteiger partial charge in [0.05, 0.1) is 0 Å². The average Bonchev–Trinajstić information content (AvgIpc) is 3.40. The lowest BCUT2D eigenvalue weighted by atomic mass is 9.96. The molecule has 0 N–H and O–H groups in total. The molecule has 3 heteroatoms. The third kappa shape index (κ3) is 1.53. The zero-order chi connectivity index (χ0) is 14.0. The van der Waals surface area contributed by atoms with Crippen LogP contribution in [0.25, 0.3) is 0 Å². The number of ether oxygens (including phenoxy) is 2. The number of Topliss-reactive ketones (excluding diaryl/α,β-unsaturated/α-hetero) is 1. The Labute approximate surface area is 122 Å². The molecule has 2 heterocycles. The van der Waals surface area contributed by atoms with Crippen molar-refractivity contribution in [3.8, 4) is 0 Å². The molecule has 2 aromatic carbocycles. The van der Waals surface area contributed by atoms with Crippen molar-refractivity contribution >= 4 is 5.78 Å². The lowest BCUT2D eigenvalue weighted by molar-refractivity contribution is 0.0894. The number of rotatable bonds is 2. The summed E-state index contributed by atoms with van der Waals surface area (Å²) in [5.41, 5.74) is 2.44. The molecule has 2 aliphatic heterocycles. The van der Waals surface area contributed by atoms with Gasteiger partial charge in [0.25, 0.3) is 0 Å². The molecule has 2 saturated heterocycles. The predicted molar refractivity (Wildman–Crippen MR) is 76.1 cm³/mol. The first-order valence-electron chi connectivity index (χ1n) is 7.30. The molecule has 5 rings (SSSR count). The zero-order valence-corrected chi connectivity index (χ0v) is 11.4. The van der Waals surface area contributed by atoms with Gasteiger partial charge < -0.3 is 9.47 Å². The van der Waals surface area contributed by atoms with Crippen molar-refractivity contribution in [3.05, 3.63) is 71.3 Å². The number of benzene rings is 2. The zero-order valence-electron chi connectivity index (χ0n) is 11.4. The molecule has 21 heavy (non-hydrogen) atoms. The summed E-state index contributed by atoms with van der Waals surface area (Å²) in [5.74, 6) is 0.130. The number of ketones is 1. The summed E-state index contributed by atoms with van der Waals surface area (Å²) in [5, 5.41) is 0. The minimum absolute atomic E-state index is 0.0191. The average molecular weight is 278 g/mol. The van der Waals surface area contributed by atoms with E-state index in [-0.39, 0.29) is 24.1 Å². The van der Waals surface area contributed by atoms with Gasteiger partial charge in [0.1, 0.15) is 18.3 Å². The number of hydrogen-bond donors (Lipinski definition) is 0. The molecule has 1 spiro atoms. The minimum atomic E-state index is -0.641. The number of carbonyl (C=O) groups excluding carboxylic acids is 1. The van der Waals surface area contributed by atoms with Crippen molar-refractivity contribution in [2.45, 2.75) is 30.3 Å². The van der Waals surface area contributed by atoms with E-state index in [1.165, 1.54) is 0 Å². The van der Waals surface area contributed by atoms with Crippen LogP contribution >= 0.6 is 0 Å². The highest BCUT2D eigenvalue weighted by Crippen LogP contribution is 2.57. The van der Waals surface area contributed by atoms with Crippen LogP contribution in [0.2, 0.25) is 0 Å². The first-order chi connectivity index (χ1) is 10.3. The Balaban J connectivity index is 1.39. The van der Waals surface area contributed by atoms with Crippen LogP contribution in [-0.2, 0) is 15.9 Å². The van der Waals surface area contributed by atoms with Crippen LogP contribution in [0, 0.1) is 0 Å². The van der Waals surface area contributed by atoms with Gasteiger partial charge >= 0.3 is 0 Å². The maximum Gasteiger partial charge on any atom is 0.198 e. The predicted octanol–water partition coefficient (Wildman–Crippen LogP) is 2.70. The van der Waals surface area contributed by atoms with E-state index in [1.54, 1.807) is 0 Å². The molecule has 3 aliphatic rings. The smallest absolute Gasteiger partial charge is 0.198 e. The Bertz CT molecular complexity index is 739. The first-order valence-corrected chi connectivity index (χ1v) is 7.30. The van der Waals surface area contributed by atoms with Crippen molar-refractivity contribution in [1.82, 2.24) is 0 Å². The van der Waals surface area contributed by atoms with E-state index in [0.717, 1.165) is 16.7 Å². The Morgan fingerprint density at radius 3 is 2.57 bits per heavy atom. The molecule has 0 saturated carbocycles. The number of hydrogen-bond acceptors (Lipinski definition) is 3. The SMILES string of the molecule is O=C1c2ccccc2C[C@@]12O[C@@H]2[C@@H]1O[C@H]1c1ccccc1. The van der Waals surface area contributed by atoms with Crippen LogP contribution in [0.15, 0.2) is 54.6 Å². The maximum atomic E-state index is 12.6. The molecule has 0 radical (unpaired) electrons. The van der Waals surface area contributed by atoms with E-state index in [1.807, 2.05) is 42.5 Å². The van der Waals surface area contributed by atoms with Crippen molar-refractivity contribution in [2.24, 2.45) is 0 Å². The van der Waals surface area contributed by atoms with Crippen LogP contribution in [0.3, 0.4) is 0 Å². The Hall–Kier alpha value is -1.97. The van der Waals surface area contributed by atoms with Gasteiger partial charge in [-0.15, -0.1) is 0 Å². The fraction of sp³-hybridized carbons (Fsp3) is 0.278. The van der Waals surface area contributed by atoms with Crippen molar-refractivity contribution in [3.63, 3.8) is 0 Å². The van der Waals surface area contributed by atoms with Crippen LogP contribution < -0.4 is 0 Å². The monoisotopic (exact) mass is 278 g/mol. The topological polar surface area (TPSA) is 42.1 Å². The summed E-state index contributed by atoms with van der Waals surface area (Å²) >= 11 is 0. The normalized spacial score (nSPS) is 35.8. The summed E-state index contributed by atoms with van der Waals surface area (Å²) in [6.07, 6.45) is 0.689. The molecule has 2 aromatic rings. The van der Waals surface area contributed by atoms with E-state index in [9.17, 15) is 4.79 Å². The Morgan fingerprint density at radius 1 is 1.00 bits per heavy atom. The molecule has 1 aliphatic carbocycles. The van der Waals surface area contributed by atoms with Crippen molar-refractivity contribution < 1.29 is 14.3 Å². The van der Waals surface area contributed by atoms with Gasteiger partial charge in [-0.1, -0.05) is 54.6 Å². The fourth-order valence-corrected chi connectivity index (χ4v) is 3.60. The van der Waals surface area contributed by atoms with Gasteiger partial charge in [0, 0.05) is 12.0 Å². The third-order valence-electron chi connectivity index (χ3n) is 4.79. The van der Waals surface area contributed by atoms with Gasteiger partial charge in [-0.2, -0.15) is 0 Å². The molecule has 2 fully saturated rings. The summed E-state index contributed by atoms with van der Waals surface area (Å²) in [7, 11) is 0. The minimum Gasteiger partial charge on any atom is -0.362 e.